The van der Waals surface area contributed by atoms with Crippen LogP contribution in [0, 0.1) is 5.92 Å². The summed E-state index contributed by atoms with van der Waals surface area (Å²) in [5.41, 5.74) is 2.24. The van der Waals surface area contributed by atoms with Gasteiger partial charge < -0.3 is 9.84 Å². The monoisotopic (exact) mass is 193 g/mol. The Hall–Kier alpha value is -1.02. The molecule has 0 atom stereocenters. The molecule has 14 heavy (non-hydrogen) atoms. The van der Waals surface area contributed by atoms with E-state index in [1.54, 1.807) is 7.11 Å². The predicted octanol–water partition coefficient (Wildman–Crippen LogP) is 2.19. The van der Waals surface area contributed by atoms with Crippen LogP contribution in [0.15, 0.2) is 18.2 Å². The Labute approximate surface area is 85.5 Å². The third-order valence-electron chi connectivity index (χ3n) is 2.40. The van der Waals surface area contributed by atoms with Gasteiger partial charge in [-0.3, -0.25) is 0 Å². The molecule has 0 saturated carbocycles. The molecule has 1 N–H and O–H groups in total. The first kappa shape index (κ1) is 11.1. The fourth-order valence-corrected chi connectivity index (χ4v) is 1.39. The molecule has 2 heteroatoms. The van der Waals surface area contributed by atoms with Gasteiger partial charge in [-0.1, -0.05) is 26.0 Å². The van der Waals surface area contributed by atoms with Gasteiger partial charge in [0.1, 0.15) is 5.75 Å². The Kier molecular flexibility index (Phi) is 3.96. The lowest BCUT2D eigenvalue weighted by molar-refractivity contribution is 0.314. The van der Waals surface area contributed by atoms with Crippen LogP contribution in [-0.4, -0.2) is 18.8 Å². The Bertz CT molecular complexity index is 294. The Morgan fingerprint density at radius 2 is 2.14 bits per heavy atom. The highest BCUT2D eigenvalue weighted by Gasteiger charge is 2.08. The molecule has 1 aromatic rings. The molecular weight excluding hydrogens is 176 g/mol. The van der Waals surface area contributed by atoms with E-state index in [0.29, 0.717) is 0 Å². The average Bonchev–Trinajstić information content (AvgIpc) is 2.26. The van der Waals surface area contributed by atoms with Crippen LogP contribution in [0.2, 0.25) is 0 Å². The lowest BCUT2D eigenvalue weighted by Crippen LogP contribution is -2.01. The zero-order chi connectivity index (χ0) is 10.6. The number of hydrogen-bond acceptors (Lipinski definition) is 2. The molecule has 0 amide bonds. The van der Waals surface area contributed by atoms with Crippen molar-refractivity contribution in [2.75, 3.05) is 13.7 Å². The van der Waals surface area contributed by atoms with Crippen LogP contribution in [0.1, 0.15) is 25.0 Å². The van der Waals surface area contributed by atoms with Crippen LogP contribution in [0.4, 0.5) is 0 Å². The number of methoxy groups -OCH3 is 1. The average molecular weight is 193 g/mol. The molecule has 0 aliphatic rings. The Morgan fingerprint density at radius 3 is 2.64 bits per heavy atom. The summed E-state index contributed by atoms with van der Waals surface area (Å²) in [5.74, 6) is 1.86. The summed E-state index contributed by atoms with van der Waals surface area (Å²) >= 11 is 0. The Balaban J connectivity index is 3.01. The number of aliphatic hydroxyl groups excluding tert-OH is 1. The molecule has 1 rings (SSSR count). The molecule has 2 nitrogen and oxygen atoms in total. The molecule has 0 unspecified atom stereocenters. The number of benzene rings is 1. The first-order valence-electron chi connectivity index (χ1n) is 4.83. The first-order valence-corrected chi connectivity index (χ1v) is 4.83. The Morgan fingerprint density at radius 1 is 1.43 bits per heavy atom. The second kappa shape index (κ2) is 5.01. The number of hydrogen-bond donors (Lipinski definition) is 1. The first-order chi connectivity index (χ1) is 6.72. The van der Waals surface area contributed by atoms with Gasteiger partial charge in [0.25, 0.3) is 0 Å². The van der Waals surface area contributed by atoms with Gasteiger partial charge >= 0.3 is 0 Å². The fraction of sp³-hybridized carbons (Fsp3) is 0.417. The van der Waals surface area contributed by atoms with Crippen molar-refractivity contribution < 1.29 is 9.84 Å². The molecule has 0 heterocycles. The molecule has 77 valence electrons. The second-order valence-corrected chi connectivity index (χ2v) is 3.32. The zero-order valence-corrected chi connectivity index (χ0v) is 9.00. The lowest BCUT2D eigenvalue weighted by Gasteiger charge is -2.12. The third kappa shape index (κ3) is 2.26. The van der Waals surface area contributed by atoms with Crippen LogP contribution < -0.4 is 4.74 Å². The summed E-state index contributed by atoms with van der Waals surface area (Å²) in [6, 6.07) is 6.05. The maximum Gasteiger partial charge on any atom is 0.122 e. The summed E-state index contributed by atoms with van der Waals surface area (Å²) in [5, 5.41) is 9.00. The van der Waals surface area contributed by atoms with Crippen LogP contribution in [0.3, 0.4) is 0 Å². The van der Waals surface area contributed by atoms with Crippen molar-refractivity contribution >= 4 is 0 Å². The van der Waals surface area contributed by atoms with Crippen molar-refractivity contribution in [3.05, 3.63) is 35.2 Å². The van der Waals surface area contributed by atoms with Crippen molar-refractivity contribution in [1.29, 1.82) is 0 Å². The van der Waals surface area contributed by atoms with E-state index in [9.17, 15) is 0 Å². The number of ether oxygens (including phenoxy) is 1. The molecule has 0 aliphatic heterocycles. The van der Waals surface area contributed by atoms with E-state index in [1.807, 2.05) is 25.1 Å². The molecule has 1 radical (unpaired) electrons. The molecule has 1 aromatic carbocycles. The van der Waals surface area contributed by atoms with E-state index < -0.39 is 0 Å². The SMILES string of the molecule is CCc1ccc([C](C)CO)cc1OC. The lowest BCUT2D eigenvalue weighted by atomic mass is 9.99. The van der Waals surface area contributed by atoms with Gasteiger partial charge in [-0.05, 0) is 23.6 Å². The van der Waals surface area contributed by atoms with Gasteiger partial charge in [0, 0.05) is 5.92 Å². The van der Waals surface area contributed by atoms with E-state index in [1.165, 1.54) is 5.56 Å². The molecular formula is C12H17O2. The van der Waals surface area contributed by atoms with E-state index in [-0.39, 0.29) is 6.61 Å². The summed E-state index contributed by atoms with van der Waals surface area (Å²) in [7, 11) is 1.67. The van der Waals surface area contributed by atoms with Crippen LogP contribution in [-0.2, 0) is 6.42 Å². The van der Waals surface area contributed by atoms with Crippen molar-refractivity contribution in [1.82, 2.24) is 0 Å². The zero-order valence-electron chi connectivity index (χ0n) is 9.00. The van der Waals surface area contributed by atoms with E-state index in [2.05, 4.69) is 6.92 Å². The third-order valence-corrected chi connectivity index (χ3v) is 2.40. The maximum atomic E-state index is 9.00. The maximum absolute atomic E-state index is 9.00. The van der Waals surface area contributed by atoms with Gasteiger partial charge in [0.05, 0.1) is 13.7 Å². The second-order valence-electron chi connectivity index (χ2n) is 3.32. The number of rotatable bonds is 4. The minimum absolute atomic E-state index is 0.0919. The standard InChI is InChI=1S/C12H17O2/c1-4-10-5-6-11(9(2)8-13)7-12(10)14-3/h5-7,13H,4,8H2,1-3H3. The quantitative estimate of drug-likeness (QED) is 0.794. The topological polar surface area (TPSA) is 29.5 Å². The van der Waals surface area contributed by atoms with Crippen molar-refractivity contribution in [2.24, 2.45) is 0 Å². The van der Waals surface area contributed by atoms with Crippen LogP contribution >= 0.6 is 0 Å². The predicted molar refractivity (Wildman–Crippen MR) is 57.5 cm³/mol. The molecule has 0 fully saturated rings. The minimum Gasteiger partial charge on any atom is -0.496 e. The number of aliphatic hydroxyl groups is 1. The van der Waals surface area contributed by atoms with Gasteiger partial charge in [0.15, 0.2) is 0 Å². The highest BCUT2D eigenvalue weighted by molar-refractivity contribution is 5.42. The minimum atomic E-state index is 0.0919. The molecule has 0 bridgehead atoms. The van der Waals surface area contributed by atoms with Crippen molar-refractivity contribution in [3.63, 3.8) is 0 Å². The highest BCUT2D eigenvalue weighted by Crippen LogP contribution is 2.24. The highest BCUT2D eigenvalue weighted by atomic mass is 16.5. The van der Waals surface area contributed by atoms with Crippen LogP contribution in [0.25, 0.3) is 0 Å². The van der Waals surface area contributed by atoms with Gasteiger partial charge in [-0.2, -0.15) is 0 Å². The van der Waals surface area contributed by atoms with Crippen LogP contribution in [0.5, 0.6) is 5.75 Å². The summed E-state index contributed by atoms with van der Waals surface area (Å²) in [4.78, 5) is 0. The molecule has 0 spiro atoms. The molecule has 0 aromatic heterocycles. The smallest absolute Gasteiger partial charge is 0.122 e. The molecule has 0 aliphatic carbocycles. The fourth-order valence-electron chi connectivity index (χ4n) is 1.39. The normalized spacial score (nSPS) is 10.6. The van der Waals surface area contributed by atoms with Crippen molar-refractivity contribution in [2.45, 2.75) is 20.3 Å². The van der Waals surface area contributed by atoms with E-state index >= 15 is 0 Å². The number of aryl methyl sites for hydroxylation is 1. The van der Waals surface area contributed by atoms with E-state index in [0.717, 1.165) is 23.7 Å². The summed E-state index contributed by atoms with van der Waals surface area (Å²) < 4.78 is 5.28. The van der Waals surface area contributed by atoms with E-state index in [4.69, 9.17) is 9.84 Å². The van der Waals surface area contributed by atoms with Gasteiger partial charge in [-0.15, -0.1) is 0 Å². The summed E-state index contributed by atoms with van der Waals surface area (Å²) in [6.07, 6.45) is 0.960. The van der Waals surface area contributed by atoms with Gasteiger partial charge in [-0.25, -0.2) is 0 Å². The van der Waals surface area contributed by atoms with Gasteiger partial charge in [0.2, 0.25) is 0 Å². The largest absolute Gasteiger partial charge is 0.496 e. The summed E-state index contributed by atoms with van der Waals surface area (Å²) in [6.45, 7) is 4.11. The van der Waals surface area contributed by atoms with Crippen molar-refractivity contribution in [3.8, 4) is 5.75 Å². The molecule has 0 saturated heterocycles.